The maximum Gasteiger partial charge on any atom is 0.331 e. The molecule has 0 aliphatic heterocycles. The zero-order valence-electron chi connectivity index (χ0n) is 12.6. The second-order valence-corrected chi connectivity index (χ2v) is 4.86. The number of hydrogen-bond acceptors (Lipinski definition) is 3. The van der Waals surface area contributed by atoms with Gasteiger partial charge in [0.1, 0.15) is 5.82 Å². The van der Waals surface area contributed by atoms with E-state index in [0.717, 1.165) is 11.6 Å². The highest BCUT2D eigenvalue weighted by atomic mass is 19.1. The predicted octanol–water partition coefficient (Wildman–Crippen LogP) is 3.33. The van der Waals surface area contributed by atoms with Crippen molar-refractivity contribution in [2.75, 3.05) is 11.9 Å². The number of esters is 1. The van der Waals surface area contributed by atoms with Gasteiger partial charge in [-0.3, -0.25) is 4.79 Å². The fourth-order valence-corrected chi connectivity index (χ4v) is 1.86. The number of para-hydroxylation sites is 1. The molecule has 5 heteroatoms. The molecule has 0 aliphatic rings. The molecule has 0 aromatic heterocycles. The third-order valence-corrected chi connectivity index (χ3v) is 3.03. The monoisotopic (exact) mass is 313 g/mol. The van der Waals surface area contributed by atoms with Gasteiger partial charge in [0.05, 0.1) is 0 Å². The van der Waals surface area contributed by atoms with E-state index in [0.29, 0.717) is 11.3 Å². The first-order valence-corrected chi connectivity index (χ1v) is 7.00. The van der Waals surface area contributed by atoms with E-state index in [2.05, 4.69) is 5.32 Å². The van der Waals surface area contributed by atoms with Gasteiger partial charge in [-0.2, -0.15) is 0 Å². The largest absolute Gasteiger partial charge is 0.452 e. The van der Waals surface area contributed by atoms with E-state index in [1.165, 1.54) is 24.3 Å². The highest BCUT2D eigenvalue weighted by Gasteiger charge is 2.06. The molecule has 2 aromatic carbocycles. The van der Waals surface area contributed by atoms with Crippen molar-refractivity contribution in [2.24, 2.45) is 0 Å². The molecule has 0 unspecified atom stereocenters. The van der Waals surface area contributed by atoms with Crippen molar-refractivity contribution in [3.63, 3.8) is 0 Å². The number of nitrogens with one attached hydrogen (secondary N) is 1. The summed E-state index contributed by atoms with van der Waals surface area (Å²) >= 11 is 0. The molecule has 0 aliphatic carbocycles. The van der Waals surface area contributed by atoms with Gasteiger partial charge in [0.15, 0.2) is 6.61 Å². The Balaban J connectivity index is 1.82. The third-order valence-electron chi connectivity index (χ3n) is 3.03. The van der Waals surface area contributed by atoms with Gasteiger partial charge in [-0.1, -0.05) is 30.3 Å². The number of ether oxygens (including phenoxy) is 1. The summed E-state index contributed by atoms with van der Waals surface area (Å²) in [7, 11) is 0. The van der Waals surface area contributed by atoms with Crippen LogP contribution in [0.1, 0.15) is 11.1 Å². The molecule has 118 valence electrons. The Labute approximate surface area is 133 Å². The van der Waals surface area contributed by atoms with Crippen molar-refractivity contribution in [2.45, 2.75) is 6.92 Å². The topological polar surface area (TPSA) is 55.4 Å². The average molecular weight is 313 g/mol. The number of carbonyl (C=O) groups is 2. The lowest BCUT2D eigenvalue weighted by atomic mass is 10.2. The van der Waals surface area contributed by atoms with Gasteiger partial charge < -0.3 is 10.1 Å². The van der Waals surface area contributed by atoms with Crippen LogP contribution in [0.25, 0.3) is 6.08 Å². The van der Waals surface area contributed by atoms with Crippen LogP contribution in [-0.4, -0.2) is 18.5 Å². The van der Waals surface area contributed by atoms with Crippen LogP contribution in [0.5, 0.6) is 0 Å². The number of aryl methyl sites for hydroxylation is 1. The van der Waals surface area contributed by atoms with E-state index in [4.69, 9.17) is 4.74 Å². The quantitative estimate of drug-likeness (QED) is 0.680. The molecule has 0 radical (unpaired) electrons. The van der Waals surface area contributed by atoms with Crippen LogP contribution in [0.3, 0.4) is 0 Å². The fraction of sp³-hybridized carbons (Fsp3) is 0.111. The van der Waals surface area contributed by atoms with Crippen LogP contribution >= 0.6 is 0 Å². The van der Waals surface area contributed by atoms with E-state index in [1.807, 2.05) is 19.1 Å². The fourth-order valence-electron chi connectivity index (χ4n) is 1.86. The summed E-state index contributed by atoms with van der Waals surface area (Å²) in [4.78, 5) is 23.3. The molecule has 1 amide bonds. The van der Waals surface area contributed by atoms with Crippen molar-refractivity contribution < 1.29 is 18.7 Å². The molecule has 4 nitrogen and oxygen atoms in total. The molecule has 2 aromatic rings. The Morgan fingerprint density at radius 3 is 2.70 bits per heavy atom. The molecule has 0 saturated heterocycles. The summed E-state index contributed by atoms with van der Waals surface area (Å²) in [6, 6.07) is 13.1. The van der Waals surface area contributed by atoms with Crippen LogP contribution in [0.15, 0.2) is 54.6 Å². The molecule has 0 fully saturated rings. The number of benzene rings is 2. The zero-order valence-corrected chi connectivity index (χ0v) is 12.6. The Morgan fingerprint density at radius 2 is 1.96 bits per heavy atom. The van der Waals surface area contributed by atoms with Crippen LogP contribution in [0.4, 0.5) is 10.1 Å². The van der Waals surface area contributed by atoms with Gasteiger partial charge in [-0.05, 0) is 42.3 Å². The number of amides is 1. The predicted molar refractivity (Wildman–Crippen MR) is 86.2 cm³/mol. The van der Waals surface area contributed by atoms with Gasteiger partial charge in [-0.25, -0.2) is 9.18 Å². The minimum absolute atomic E-state index is 0.388. The lowest BCUT2D eigenvalue weighted by Crippen LogP contribution is -2.20. The molecule has 0 heterocycles. The Kier molecular flexibility index (Phi) is 5.63. The normalized spacial score (nSPS) is 10.5. The van der Waals surface area contributed by atoms with Crippen molar-refractivity contribution >= 4 is 23.6 Å². The summed E-state index contributed by atoms with van der Waals surface area (Å²) < 4.78 is 17.8. The maximum atomic E-state index is 13.0. The Morgan fingerprint density at radius 1 is 1.17 bits per heavy atom. The van der Waals surface area contributed by atoms with Gasteiger partial charge >= 0.3 is 5.97 Å². The molecule has 2 rings (SSSR count). The number of hydrogen-bond donors (Lipinski definition) is 1. The first kappa shape index (κ1) is 16.4. The lowest BCUT2D eigenvalue weighted by molar-refractivity contribution is -0.142. The van der Waals surface area contributed by atoms with Gasteiger partial charge in [0.2, 0.25) is 0 Å². The second-order valence-electron chi connectivity index (χ2n) is 4.86. The van der Waals surface area contributed by atoms with Gasteiger partial charge in [-0.15, -0.1) is 0 Å². The molecular formula is C18H16FNO3. The standard InChI is InChI=1S/C18H16FNO3/c1-13-5-2-3-8-16(13)20-17(21)12-23-18(22)10-9-14-6-4-7-15(19)11-14/h2-11H,12H2,1H3,(H,20,21)/b10-9+. The highest BCUT2D eigenvalue weighted by molar-refractivity contribution is 5.95. The molecule has 0 spiro atoms. The minimum Gasteiger partial charge on any atom is -0.452 e. The smallest absolute Gasteiger partial charge is 0.331 e. The first-order valence-electron chi connectivity index (χ1n) is 7.00. The van der Waals surface area contributed by atoms with Crippen molar-refractivity contribution in [3.8, 4) is 0 Å². The zero-order chi connectivity index (χ0) is 16.7. The number of halogens is 1. The molecule has 1 N–H and O–H groups in total. The highest BCUT2D eigenvalue weighted by Crippen LogP contribution is 2.12. The summed E-state index contributed by atoms with van der Waals surface area (Å²) in [6.07, 6.45) is 2.57. The van der Waals surface area contributed by atoms with Crippen molar-refractivity contribution in [3.05, 3.63) is 71.6 Å². The lowest BCUT2D eigenvalue weighted by Gasteiger charge is -2.07. The van der Waals surface area contributed by atoms with E-state index in [1.54, 1.807) is 18.2 Å². The summed E-state index contributed by atoms with van der Waals surface area (Å²) in [5, 5.41) is 2.66. The summed E-state index contributed by atoms with van der Waals surface area (Å²) in [5.74, 6) is -1.49. The maximum absolute atomic E-state index is 13.0. The molecule has 0 saturated carbocycles. The van der Waals surface area contributed by atoms with Crippen LogP contribution in [0, 0.1) is 12.7 Å². The average Bonchev–Trinajstić information content (AvgIpc) is 2.53. The number of rotatable bonds is 5. The second kappa shape index (κ2) is 7.89. The van der Waals surface area contributed by atoms with E-state index >= 15 is 0 Å². The summed E-state index contributed by atoms with van der Waals surface area (Å²) in [5.41, 5.74) is 2.12. The van der Waals surface area contributed by atoms with E-state index in [9.17, 15) is 14.0 Å². The number of anilines is 1. The first-order chi connectivity index (χ1) is 11.0. The van der Waals surface area contributed by atoms with Crippen LogP contribution in [-0.2, 0) is 14.3 Å². The van der Waals surface area contributed by atoms with Crippen molar-refractivity contribution in [1.29, 1.82) is 0 Å². The molecule has 0 bridgehead atoms. The van der Waals surface area contributed by atoms with Gasteiger partial charge in [0, 0.05) is 11.8 Å². The van der Waals surface area contributed by atoms with Gasteiger partial charge in [0.25, 0.3) is 5.91 Å². The molecule has 23 heavy (non-hydrogen) atoms. The third kappa shape index (κ3) is 5.39. The van der Waals surface area contributed by atoms with E-state index in [-0.39, 0.29) is 6.61 Å². The van der Waals surface area contributed by atoms with Crippen molar-refractivity contribution in [1.82, 2.24) is 0 Å². The Bertz CT molecular complexity index is 741. The van der Waals surface area contributed by atoms with Crippen LogP contribution < -0.4 is 5.32 Å². The SMILES string of the molecule is Cc1ccccc1NC(=O)COC(=O)/C=C/c1cccc(F)c1. The number of carbonyl (C=O) groups excluding carboxylic acids is 2. The molecule has 0 atom stereocenters. The summed E-state index contributed by atoms with van der Waals surface area (Å²) in [6.45, 7) is 1.48. The van der Waals surface area contributed by atoms with E-state index < -0.39 is 17.7 Å². The van der Waals surface area contributed by atoms with Crippen LogP contribution in [0.2, 0.25) is 0 Å². The minimum atomic E-state index is -0.672. The molecular weight excluding hydrogens is 297 g/mol. The Hall–Kier alpha value is -2.95.